The standard InChI is InChI=1S/C54H75N7/c1-33(2)43-21-17-22-44(34(3)4)51(43)58-31-41(60(56-58)53-47(37(9)10)25-19-26-48(53)38(11)12)29-55-30-42-32-59(52-45(35(5)6)23-18-24-46(52)36(7)8)57-61(42)54-49(39(13)14)27-20-28-50(54)40(15)16/h17-28,31-40,55H,29-30H2,1-16H3/q+2. The minimum Gasteiger partial charge on any atom is -0.302 e. The number of rotatable bonds is 16. The van der Waals surface area contributed by atoms with Gasteiger partial charge in [-0.3, -0.25) is 0 Å². The van der Waals surface area contributed by atoms with Crippen molar-refractivity contribution in [2.75, 3.05) is 0 Å². The van der Waals surface area contributed by atoms with E-state index in [0.717, 1.165) is 11.4 Å². The first-order chi connectivity index (χ1) is 28.9. The van der Waals surface area contributed by atoms with Gasteiger partial charge in [-0.05, 0) is 47.3 Å². The number of para-hydroxylation sites is 4. The normalized spacial score (nSPS) is 12.3. The third-order valence-corrected chi connectivity index (χ3v) is 12.3. The second-order valence-electron chi connectivity index (χ2n) is 19.7. The fourth-order valence-corrected chi connectivity index (χ4v) is 8.97. The maximum atomic E-state index is 5.54. The summed E-state index contributed by atoms with van der Waals surface area (Å²) < 4.78 is 8.83. The van der Waals surface area contributed by atoms with Gasteiger partial charge in [0.1, 0.15) is 10.4 Å². The molecule has 1 N–H and O–H groups in total. The third-order valence-electron chi connectivity index (χ3n) is 12.3. The molecule has 0 fully saturated rings. The van der Waals surface area contributed by atoms with Gasteiger partial charge in [0.2, 0.25) is 0 Å². The average Bonchev–Trinajstić information content (AvgIpc) is 3.83. The second kappa shape index (κ2) is 19.0. The van der Waals surface area contributed by atoms with Crippen LogP contribution in [0.5, 0.6) is 0 Å². The van der Waals surface area contributed by atoms with Crippen LogP contribution in [0.3, 0.4) is 0 Å². The van der Waals surface area contributed by atoms with Crippen LogP contribution < -0.4 is 14.7 Å². The van der Waals surface area contributed by atoms with E-state index in [1.807, 2.05) is 0 Å². The predicted molar refractivity (Wildman–Crippen MR) is 253 cm³/mol. The molecule has 6 rings (SSSR count). The van der Waals surface area contributed by atoms with E-state index >= 15 is 0 Å². The average molecular weight is 822 g/mol. The van der Waals surface area contributed by atoms with Crippen LogP contribution in [0.2, 0.25) is 0 Å². The maximum absolute atomic E-state index is 5.54. The van der Waals surface area contributed by atoms with Gasteiger partial charge in [-0.15, -0.1) is 9.36 Å². The zero-order chi connectivity index (χ0) is 44.4. The summed E-state index contributed by atoms with van der Waals surface area (Å²) in [5.74, 6) is 2.68. The Morgan fingerprint density at radius 3 is 0.836 bits per heavy atom. The van der Waals surface area contributed by atoms with E-state index in [2.05, 4.69) is 220 Å². The zero-order valence-corrected chi connectivity index (χ0v) is 40.3. The van der Waals surface area contributed by atoms with Crippen molar-refractivity contribution in [3.63, 3.8) is 0 Å². The van der Waals surface area contributed by atoms with Crippen LogP contribution in [0.1, 0.15) is 214 Å². The van der Waals surface area contributed by atoms with Crippen LogP contribution in [-0.4, -0.2) is 19.8 Å². The number of hydrogen-bond acceptors (Lipinski definition) is 3. The molecule has 0 aliphatic carbocycles. The summed E-state index contributed by atoms with van der Waals surface area (Å²) in [5, 5.41) is 15.1. The van der Waals surface area contributed by atoms with Crippen molar-refractivity contribution in [3.8, 4) is 22.7 Å². The van der Waals surface area contributed by atoms with E-state index in [4.69, 9.17) is 10.4 Å². The first-order valence-electron chi connectivity index (χ1n) is 23.2. The fourth-order valence-electron chi connectivity index (χ4n) is 8.97. The Morgan fingerprint density at radius 2 is 0.607 bits per heavy atom. The highest BCUT2D eigenvalue weighted by molar-refractivity contribution is 5.53. The van der Waals surface area contributed by atoms with Crippen molar-refractivity contribution in [2.45, 2.75) is 171 Å². The van der Waals surface area contributed by atoms with Crippen molar-refractivity contribution in [1.29, 1.82) is 0 Å². The topological polar surface area (TPSA) is 55.4 Å². The molecule has 0 bridgehead atoms. The summed E-state index contributed by atoms with van der Waals surface area (Å²) in [5.41, 5.74) is 17.4. The van der Waals surface area contributed by atoms with Crippen LogP contribution in [0, 0.1) is 0 Å². The predicted octanol–water partition coefficient (Wildman–Crippen LogP) is 12.9. The van der Waals surface area contributed by atoms with Crippen molar-refractivity contribution >= 4 is 0 Å². The molecule has 4 aromatic carbocycles. The molecule has 0 atom stereocenters. The summed E-state index contributed by atoms with van der Waals surface area (Å²) in [6.45, 7) is 37.9. The molecule has 7 nitrogen and oxygen atoms in total. The number of aromatic nitrogens is 6. The molecule has 0 spiro atoms. The van der Waals surface area contributed by atoms with Crippen LogP contribution in [0.25, 0.3) is 22.7 Å². The lowest BCUT2D eigenvalue weighted by Crippen LogP contribution is -2.36. The van der Waals surface area contributed by atoms with Crippen molar-refractivity contribution < 1.29 is 9.36 Å². The molecule has 0 radical (unpaired) electrons. The third kappa shape index (κ3) is 9.33. The van der Waals surface area contributed by atoms with E-state index in [9.17, 15) is 0 Å². The Bertz CT molecular complexity index is 2160. The van der Waals surface area contributed by atoms with E-state index in [0.29, 0.717) is 60.4 Å². The molecule has 6 aromatic rings. The zero-order valence-electron chi connectivity index (χ0n) is 40.3. The summed E-state index contributed by atoms with van der Waals surface area (Å²) >= 11 is 0. The molecule has 2 aromatic heterocycles. The lowest BCUT2D eigenvalue weighted by Gasteiger charge is -2.17. The number of nitrogens with one attached hydrogen (secondary N) is 1. The van der Waals surface area contributed by atoms with Crippen molar-refractivity contribution in [3.05, 3.63) is 141 Å². The first kappa shape index (κ1) is 45.6. The monoisotopic (exact) mass is 822 g/mol. The Morgan fingerprint density at radius 1 is 0.377 bits per heavy atom. The van der Waals surface area contributed by atoms with Crippen LogP contribution >= 0.6 is 0 Å². The highest BCUT2D eigenvalue weighted by Gasteiger charge is 2.32. The highest BCUT2D eigenvalue weighted by Crippen LogP contribution is 2.35. The molecule has 7 heteroatoms. The van der Waals surface area contributed by atoms with Gasteiger partial charge in [0.15, 0.2) is 46.5 Å². The smallest absolute Gasteiger partial charge is 0.188 e. The van der Waals surface area contributed by atoms with Gasteiger partial charge in [0.05, 0.1) is 13.1 Å². The van der Waals surface area contributed by atoms with Gasteiger partial charge in [0, 0.05) is 44.5 Å². The molecule has 0 unspecified atom stereocenters. The highest BCUT2D eigenvalue weighted by atomic mass is 15.5. The fraction of sp³-hybridized carbons (Fsp3) is 0.481. The van der Waals surface area contributed by atoms with Gasteiger partial charge >= 0.3 is 0 Å². The van der Waals surface area contributed by atoms with Crippen molar-refractivity contribution in [2.24, 2.45) is 0 Å². The number of nitrogens with zero attached hydrogens (tertiary/aromatic N) is 6. The van der Waals surface area contributed by atoms with Gasteiger partial charge < -0.3 is 5.32 Å². The summed E-state index contributed by atoms with van der Waals surface area (Å²) in [7, 11) is 0. The lowest BCUT2D eigenvalue weighted by molar-refractivity contribution is -0.662. The van der Waals surface area contributed by atoms with Gasteiger partial charge in [-0.1, -0.05) is 193 Å². The van der Waals surface area contributed by atoms with Gasteiger partial charge in [-0.2, -0.15) is 0 Å². The van der Waals surface area contributed by atoms with Gasteiger partial charge in [-0.25, -0.2) is 0 Å². The van der Waals surface area contributed by atoms with E-state index in [-0.39, 0.29) is 0 Å². The lowest BCUT2D eigenvalue weighted by atomic mass is 9.92. The molecular weight excluding hydrogens is 747 g/mol. The molecular formula is C54H75N7+2. The molecule has 2 heterocycles. The Labute approximate surface area is 368 Å². The Kier molecular flexibility index (Phi) is 14.2. The van der Waals surface area contributed by atoms with Crippen molar-refractivity contribution in [1.82, 2.24) is 25.1 Å². The van der Waals surface area contributed by atoms with Crippen LogP contribution in [0.15, 0.2) is 85.2 Å². The largest absolute Gasteiger partial charge is 0.302 e. The van der Waals surface area contributed by atoms with E-state index < -0.39 is 0 Å². The Hall–Kier alpha value is -4.88. The van der Waals surface area contributed by atoms with Gasteiger partial charge in [0.25, 0.3) is 0 Å². The van der Waals surface area contributed by atoms with E-state index in [1.54, 1.807) is 0 Å². The van der Waals surface area contributed by atoms with Crippen LogP contribution in [-0.2, 0) is 13.1 Å². The quantitative estimate of drug-likeness (QED) is 0.0990. The summed E-state index contributed by atoms with van der Waals surface area (Å²) in [6, 6.07) is 27.1. The molecule has 0 amide bonds. The summed E-state index contributed by atoms with van der Waals surface area (Å²) in [4.78, 5) is 0. The maximum Gasteiger partial charge on any atom is 0.188 e. The molecule has 0 saturated heterocycles. The first-order valence-corrected chi connectivity index (χ1v) is 23.2. The molecule has 0 saturated carbocycles. The molecule has 61 heavy (non-hydrogen) atoms. The SMILES string of the molecule is CC(C)c1cccc(C(C)C)c1-n1n[n+](-c2c(C(C)C)cccc2C(C)C)cc1CNCc1c[n+](-c2c(C(C)C)cccc2C(C)C)nn1-c1c(C(C)C)cccc1C(C)C. The summed E-state index contributed by atoms with van der Waals surface area (Å²) in [6.07, 6.45) is 4.55. The second-order valence-corrected chi connectivity index (χ2v) is 19.7. The molecule has 0 aliphatic heterocycles. The number of benzene rings is 4. The minimum absolute atomic E-state index is 0.326. The van der Waals surface area contributed by atoms with Crippen LogP contribution in [0.4, 0.5) is 0 Å². The number of hydrogen-bond donors (Lipinski definition) is 1. The Balaban J connectivity index is 1.56. The molecule has 0 aliphatic rings. The molecule has 324 valence electrons. The van der Waals surface area contributed by atoms with E-state index in [1.165, 1.54) is 67.3 Å². The minimum atomic E-state index is 0.326.